The number of halogens is 1. The van der Waals surface area contributed by atoms with Gasteiger partial charge in [-0.3, -0.25) is 9.59 Å². The number of amides is 2. The average molecular weight is 479 g/mol. The quantitative estimate of drug-likeness (QED) is 0.506. The smallest absolute Gasteiger partial charge is 0.269 e. The molecule has 1 saturated heterocycles. The third kappa shape index (κ3) is 4.95. The number of hydrogen-bond donors (Lipinski definition) is 1. The standard InChI is InChI=1S/C20H23ClN6O4S/c1-5-19(28)26-9-12(2)27(32(4,30)31)17(10-26)13-6-15(25-18(21)7-13)14-8-16(20(29)22-3)24-11-23-14/h5-8,11-12,17H,1,9-10H2,2-4H3,(H,22,29)/t12-,17?/m0/s1. The highest BCUT2D eigenvalue weighted by Crippen LogP contribution is 2.34. The van der Waals surface area contributed by atoms with Crippen LogP contribution >= 0.6 is 11.6 Å². The van der Waals surface area contributed by atoms with E-state index in [1.807, 2.05) is 0 Å². The summed E-state index contributed by atoms with van der Waals surface area (Å²) in [5.41, 5.74) is 1.37. The van der Waals surface area contributed by atoms with Crippen molar-refractivity contribution < 1.29 is 18.0 Å². The highest BCUT2D eigenvalue weighted by molar-refractivity contribution is 7.88. The van der Waals surface area contributed by atoms with Crippen molar-refractivity contribution in [1.82, 2.24) is 29.5 Å². The lowest BCUT2D eigenvalue weighted by molar-refractivity contribution is -0.129. The molecule has 3 rings (SSSR count). The first-order valence-electron chi connectivity index (χ1n) is 9.67. The van der Waals surface area contributed by atoms with Crippen LogP contribution in [0, 0.1) is 0 Å². The van der Waals surface area contributed by atoms with Gasteiger partial charge in [0.2, 0.25) is 15.9 Å². The van der Waals surface area contributed by atoms with Crippen LogP contribution in [-0.4, -0.2) is 76.8 Å². The summed E-state index contributed by atoms with van der Waals surface area (Å²) in [7, 11) is -2.13. The first-order valence-corrected chi connectivity index (χ1v) is 11.9. The van der Waals surface area contributed by atoms with Gasteiger partial charge in [-0.05, 0) is 36.8 Å². The fourth-order valence-corrected chi connectivity index (χ4v) is 5.37. The van der Waals surface area contributed by atoms with Crippen molar-refractivity contribution in [2.45, 2.75) is 19.0 Å². The molecule has 12 heteroatoms. The molecule has 3 heterocycles. The van der Waals surface area contributed by atoms with E-state index in [-0.39, 0.29) is 35.8 Å². The molecule has 0 aliphatic carbocycles. The summed E-state index contributed by atoms with van der Waals surface area (Å²) in [6, 6.07) is 3.51. The minimum absolute atomic E-state index is 0.117. The monoisotopic (exact) mass is 478 g/mol. The Morgan fingerprint density at radius 2 is 1.94 bits per heavy atom. The number of carbonyl (C=O) groups is 2. The van der Waals surface area contributed by atoms with Crippen molar-refractivity contribution in [2.24, 2.45) is 0 Å². The van der Waals surface area contributed by atoms with E-state index >= 15 is 0 Å². The zero-order valence-corrected chi connectivity index (χ0v) is 19.4. The van der Waals surface area contributed by atoms with E-state index in [1.54, 1.807) is 24.0 Å². The van der Waals surface area contributed by atoms with Crippen LogP contribution < -0.4 is 5.32 Å². The summed E-state index contributed by atoms with van der Waals surface area (Å²) in [6.07, 6.45) is 3.56. The van der Waals surface area contributed by atoms with E-state index < -0.39 is 22.1 Å². The maximum Gasteiger partial charge on any atom is 0.269 e. The van der Waals surface area contributed by atoms with Crippen LogP contribution in [0.1, 0.15) is 29.0 Å². The van der Waals surface area contributed by atoms with Crippen LogP contribution in [0.2, 0.25) is 5.15 Å². The van der Waals surface area contributed by atoms with Gasteiger partial charge in [-0.2, -0.15) is 4.31 Å². The van der Waals surface area contributed by atoms with Gasteiger partial charge in [0.25, 0.3) is 5.91 Å². The van der Waals surface area contributed by atoms with Crippen molar-refractivity contribution in [1.29, 1.82) is 0 Å². The van der Waals surface area contributed by atoms with Gasteiger partial charge in [0.1, 0.15) is 17.2 Å². The second-order valence-electron chi connectivity index (χ2n) is 7.38. The van der Waals surface area contributed by atoms with Crippen molar-refractivity contribution >= 4 is 33.4 Å². The Labute approximate surface area is 191 Å². The van der Waals surface area contributed by atoms with Crippen molar-refractivity contribution in [2.75, 3.05) is 26.4 Å². The minimum Gasteiger partial charge on any atom is -0.354 e. The van der Waals surface area contributed by atoms with Crippen molar-refractivity contribution in [3.63, 3.8) is 0 Å². The molecule has 32 heavy (non-hydrogen) atoms. The molecule has 0 spiro atoms. The number of sulfonamides is 1. The topological polar surface area (TPSA) is 125 Å². The van der Waals surface area contributed by atoms with Crippen molar-refractivity contribution in [3.05, 3.63) is 53.6 Å². The van der Waals surface area contributed by atoms with E-state index in [1.165, 1.54) is 29.8 Å². The van der Waals surface area contributed by atoms with E-state index in [9.17, 15) is 18.0 Å². The lowest BCUT2D eigenvalue weighted by Gasteiger charge is -2.44. The molecular weight excluding hydrogens is 456 g/mol. The first-order chi connectivity index (χ1) is 15.0. The van der Waals surface area contributed by atoms with Gasteiger partial charge in [-0.1, -0.05) is 18.2 Å². The molecule has 1 N–H and O–H groups in total. The molecule has 10 nitrogen and oxygen atoms in total. The van der Waals surface area contributed by atoms with Gasteiger partial charge in [0, 0.05) is 26.2 Å². The van der Waals surface area contributed by atoms with Crippen LogP contribution in [0.25, 0.3) is 11.4 Å². The van der Waals surface area contributed by atoms with Crippen LogP contribution in [0.5, 0.6) is 0 Å². The number of piperazine rings is 1. The molecule has 1 unspecified atom stereocenters. The Kier molecular flexibility index (Phi) is 6.91. The van der Waals surface area contributed by atoms with E-state index in [0.717, 1.165) is 6.26 Å². The highest BCUT2D eigenvalue weighted by Gasteiger charge is 2.40. The number of hydrogen-bond acceptors (Lipinski definition) is 7. The molecule has 170 valence electrons. The molecule has 0 aromatic carbocycles. The third-order valence-corrected chi connectivity index (χ3v) is 6.65. The molecule has 1 aliphatic rings. The SMILES string of the molecule is C=CC(=O)N1CC(c2cc(Cl)nc(-c3cc(C(=O)NC)ncn3)c2)N(S(C)(=O)=O)[C@@H](C)C1. The largest absolute Gasteiger partial charge is 0.354 e. The number of carbonyl (C=O) groups excluding carboxylic acids is 2. The van der Waals surface area contributed by atoms with E-state index in [2.05, 4.69) is 26.8 Å². The molecule has 0 bridgehead atoms. The molecule has 2 aromatic heterocycles. The van der Waals surface area contributed by atoms with E-state index in [4.69, 9.17) is 11.6 Å². The van der Waals surface area contributed by atoms with Crippen LogP contribution in [-0.2, 0) is 14.8 Å². The summed E-state index contributed by atoms with van der Waals surface area (Å²) >= 11 is 6.27. The Morgan fingerprint density at radius 3 is 2.56 bits per heavy atom. The summed E-state index contributed by atoms with van der Waals surface area (Å²) in [5.74, 6) is -0.680. The summed E-state index contributed by atoms with van der Waals surface area (Å²) < 4.78 is 26.6. The summed E-state index contributed by atoms with van der Waals surface area (Å²) in [5, 5.41) is 2.60. The van der Waals surface area contributed by atoms with Crippen LogP contribution in [0.15, 0.2) is 37.2 Å². The Bertz CT molecular complexity index is 1170. The molecular formula is C20H23ClN6O4S. The lowest BCUT2D eigenvalue weighted by Crippen LogP contribution is -2.56. The fraction of sp³-hybridized carbons (Fsp3) is 0.350. The summed E-state index contributed by atoms with van der Waals surface area (Å²) in [6.45, 7) is 5.62. The Balaban J connectivity index is 2.10. The van der Waals surface area contributed by atoms with Gasteiger partial charge in [-0.25, -0.2) is 23.4 Å². The van der Waals surface area contributed by atoms with Gasteiger partial charge in [0.15, 0.2) is 0 Å². The maximum atomic E-state index is 12.6. The van der Waals surface area contributed by atoms with Crippen LogP contribution in [0.4, 0.5) is 0 Å². The number of rotatable bonds is 5. The van der Waals surface area contributed by atoms with Crippen LogP contribution in [0.3, 0.4) is 0 Å². The summed E-state index contributed by atoms with van der Waals surface area (Å²) in [4.78, 5) is 38.1. The lowest BCUT2D eigenvalue weighted by atomic mass is 10.0. The zero-order chi connectivity index (χ0) is 23.6. The Morgan fingerprint density at radius 1 is 1.22 bits per heavy atom. The second-order valence-corrected chi connectivity index (χ2v) is 9.66. The molecule has 0 radical (unpaired) electrons. The third-order valence-electron chi connectivity index (χ3n) is 5.08. The number of nitrogens with one attached hydrogen (secondary N) is 1. The zero-order valence-electron chi connectivity index (χ0n) is 17.8. The molecule has 1 fully saturated rings. The molecule has 2 amide bonds. The first kappa shape index (κ1) is 23.8. The number of aromatic nitrogens is 3. The average Bonchev–Trinajstić information content (AvgIpc) is 2.76. The number of nitrogens with zero attached hydrogens (tertiary/aromatic N) is 5. The molecule has 2 aromatic rings. The predicted molar refractivity (Wildman–Crippen MR) is 119 cm³/mol. The molecule has 0 saturated carbocycles. The number of pyridine rings is 1. The normalized spacial score (nSPS) is 19.4. The fourth-order valence-electron chi connectivity index (χ4n) is 3.78. The predicted octanol–water partition coefficient (Wildman–Crippen LogP) is 1.27. The second kappa shape index (κ2) is 9.31. The van der Waals surface area contributed by atoms with Gasteiger partial charge in [-0.15, -0.1) is 0 Å². The molecule has 1 aliphatic heterocycles. The van der Waals surface area contributed by atoms with Gasteiger partial charge in [0.05, 0.1) is 23.7 Å². The molecule has 2 atom stereocenters. The van der Waals surface area contributed by atoms with Crippen molar-refractivity contribution in [3.8, 4) is 11.4 Å². The Hall–Kier alpha value is -2.89. The maximum absolute atomic E-state index is 12.6. The van der Waals surface area contributed by atoms with Gasteiger partial charge >= 0.3 is 0 Å². The van der Waals surface area contributed by atoms with E-state index in [0.29, 0.717) is 17.0 Å². The highest BCUT2D eigenvalue weighted by atomic mass is 35.5. The van der Waals surface area contributed by atoms with Gasteiger partial charge < -0.3 is 10.2 Å². The minimum atomic E-state index is -3.61.